The van der Waals surface area contributed by atoms with Crippen LogP contribution >= 0.6 is 0 Å². The van der Waals surface area contributed by atoms with Gasteiger partial charge >= 0.3 is 0 Å². The first-order valence-electron chi connectivity index (χ1n) is 14.7. The van der Waals surface area contributed by atoms with Gasteiger partial charge in [-0.3, -0.25) is 0 Å². The lowest BCUT2D eigenvalue weighted by molar-refractivity contribution is -0.869. The van der Waals surface area contributed by atoms with Crippen molar-refractivity contribution >= 4 is 10.8 Å². The molecule has 2 heterocycles. The van der Waals surface area contributed by atoms with Crippen LogP contribution in [0.2, 0.25) is 0 Å². The number of quaternary nitrogens is 1. The van der Waals surface area contributed by atoms with Gasteiger partial charge in [0.2, 0.25) is 0 Å². The van der Waals surface area contributed by atoms with E-state index in [0.717, 1.165) is 38.5 Å². The highest BCUT2D eigenvalue weighted by Crippen LogP contribution is 2.69. The van der Waals surface area contributed by atoms with Crippen LogP contribution in [-0.2, 0) is 4.74 Å². The summed E-state index contributed by atoms with van der Waals surface area (Å²) in [6.07, 6.45) is 12.0. The van der Waals surface area contributed by atoms with E-state index in [2.05, 4.69) is 61.5 Å². The lowest BCUT2D eigenvalue weighted by Gasteiger charge is -2.55. The first-order valence-corrected chi connectivity index (χ1v) is 13.2. The molecule has 0 N–H and O–H groups in total. The minimum absolute atomic E-state index is 0.110. The quantitative estimate of drug-likeness (QED) is 0.358. The first kappa shape index (κ1) is 18.3. The van der Waals surface area contributed by atoms with Crippen molar-refractivity contribution in [3.8, 4) is 0 Å². The molecule has 2 spiro atoms. The molecule has 1 unspecified atom stereocenters. The number of benzene rings is 2. The summed E-state index contributed by atoms with van der Waals surface area (Å²) in [5, 5.41) is 15.9. The molecule has 178 valence electrons. The Bertz CT molecular complexity index is 1350. The molecule has 2 aromatic carbocycles. The number of rotatable bonds is 2. The highest BCUT2D eigenvalue weighted by Gasteiger charge is 2.67. The Labute approximate surface area is 207 Å². The third-order valence-electron chi connectivity index (χ3n) is 10.5. The molecule has 0 amide bonds. The molecular formula is C31H37NO2. The van der Waals surface area contributed by atoms with Crippen molar-refractivity contribution < 1.29 is 13.5 Å². The molecule has 0 aromatic heterocycles. The number of hydrogen-bond acceptors (Lipinski definition) is 2. The predicted molar refractivity (Wildman–Crippen MR) is 137 cm³/mol. The van der Waals surface area contributed by atoms with Gasteiger partial charge in [0.25, 0.3) is 0 Å². The summed E-state index contributed by atoms with van der Waals surface area (Å²) >= 11 is 0. The second-order valence-corrected chi connectivity index (χ2v) is 12.2. The number of nitrogens with zero attached hydrogens (tertiary/aromatic N) is 1. The zero-order valence-corrected chi connectivity index (χ0v) is 20.3. The van der Waals surface area contributed by atoms with Crippen molar-refractivity contribution in [2.45, 2.75) is 81.5 Å². The maximum absolute atomic E-state index is 13.3. The molecule has 2 bridgehead atoms. The zero-order valence-electron chi connectivity index (χ0n) is 23.3. The van der Waals surface area contributed by atoms with Gasteiger partial charge in [0.15, 0.2) is 0 Å². The maximum Gasteiger partial charge on any atom is 0.0975 e. The maximum atomic E-state index is 13.3. The molecule has 34 heavy (non-hydrogen) atoms. The number of ether oxygens (including phenoxy) is 1. The van der Waals surface area contributed by atoms with E-state index >= 15 is 0 Å². The van der Waals surface area contributed by atoms with E-state index in [1.54, 1.807) is 0 Å². The number of hydrogen-bond donors (Lipinski definition) is 0. The molecule has 3 fully saturated rings. The summed E-state index contributed by atoms with van der Waals surface area (Å²) in [4.78, 5) is 0. The summed E-state index contributed by atoms with van der Waals surface area (Å²) in [6, 6.07) is 15.1. The van der Waals surface area contributed by atoms with Gasteiger partial charge < -0.3 is 14.6 Å². The van der Waals surface area contributed by atoms with E-state index in [1.165, 1.54) is 34.5 Å². The molecule has 3 aliphatic carbocycles. The van der Waals surface area contributed by atoms with Gasteiger partial charge in [-0.25, -0.2) is 0 Å². The van der Waals surface area contributed by atoms with Crippen LogP contribution in [0, 0.1) is 16.5 Å². The van der Waals surface area contributed by atoms with Crippen molar-refractivity contribution in [3.05, 3.63) is 76.5 Å². The molecule has 2 aliphatic heterocycles. The average Bonchev–Trinajstić information content (AvgIpc) is 3.37. The largest absolute Gasteiger partial charge is 0.633 e. The molecule has 5 aliphatic rings. The van der Waals surface area contributed by atoms with E-state index < -0.39 is 23.3 Å². The minimum atomic E-state index is -2.57. The molecule has 7 rings (SSSR count). The lowest BCUT2D eigenvalue weighted by Crippen LogP contribution is -2.56. The molecule has 2 saturated carbocycles. The second kappa shape index (κ2) is 6.84. The third-order valence-corrected chi connectivity index (χ3v) is 10.5. The van der Waals surface area contributed by atoms with E-state index in [1.807, 2.05) is 0 Å². The monoisotopic (exact) mass is 458 g/mol. The van der Waals surface area contributed by atoms with Crippen LogP contribution in [0.4, 0.5) is 0 Å². The van der Waals surface area contributed by atoms with Gasteiger partial charge in [-0.05, 0) is 83.3 Å². The number of fused-ring (bicyclic) bond motifs is 2. The van der Waals surface area contributed by atoms with Crippen LogP contribution < -0.4 is 0 Å². The van der Waals surface area contributed by atoms with Gasteiger partial charge in [-0.2, -0.15) is 0 Å². The van der Waals surface area contributed by atoms with Crippen LogP contribution in [0.15, 0.2) is 65.8 Å². The Morgan fingerprint density at radius 3 is 2.79 bits per heavy atom. The topological polar surface area (TPSA) is 32.3 Å². The fraction of sp³-hybridized carbons (Fsp3) is 0.548. The molecule has 7 atom stereocenters. The number of hydroxylamine groups is 3. The summed E-state index contributed by atoms with van der Waals surface area (Å²) in [5.74, 6) is 0.904. The van der Waals surface area contributed by atoms with Crippen LogP contribution in [-0.4, -0.2) is 35.9 Å². The summed E-state index contributed by atoms with van der Waals surface area (Å²) in [5.41, 5.74) is 3.41. The van der Waals surface area contributed by atoms with Crippen LogP contribution in [0.1, 0.15) is 73.9 Å². The van der Waals surface area contributed by atoms with Gasteiger partial charge in [0.05, 0.1) is 35.4 Å². The SMILES string of the molecule is [2H]C([2H])([2H])[N+](C)([O-])[C@H]1CCC2=CC3=CC[C@]4(C)[C@@H](c5ccc6ccccc6c5)CC[C@H]4[C@@]34CC[C@]2(C1)O4. The predicted octanol–water partition coefficient (Wildman–Crippen LogP) is 7.02. The zero-order chi connectivity index (χ0) is 25.8. The van der Waals surface area contributed by atoms with Gasteiger partial charge in [-0.1, -0.05) is 61.5 Å². The minimum Gasteiger partial charge on any atom is -0.633 e. The Balaban J connectivity index is 1.24. The van der Waals surface area contributed by atoms with Crippen molar-refractivity contribution in [1.29, 1.82) is 0 Å². The van der Waals surface area contributed by atoms with Gasteiger partial charge in [0, 0.05) is 12.8 Å². The lowest BCUT2D eigenvalue weighted by atomic mass is 9.58. The third kappa shape index (κ3) is 2.75. The Morgan fingerprint density at radius 1 is 1.09 bits per heavy atom. The highest BCUT2D eigenvalue weighted by molar-refractivity contribution is 5.83. The Kier molecular flexibility index (Phi) is 3.69. The molecular weight excluding hydrogens is 418 g/mol. The normalized spacial score (nSPS) is 44.0. The van der Waals surface area contributed by atoms with E-state index in [4.69, 9.17) is 8.85 Å². The molecule has 1 saturated heterocycles. The van der Waals surface area contributed by atoms with Crippen LogP contribution in [0.25, 0.3) is 10.8 Å². The fourth-order valence-electron chi connectivity index (χ4n) is 8.78. The fourth-order valence-corrected chi connectivity index (χ4v) is 8.78. The first-order chi connectivity index (χ1) is 17.5. The van der Waals surface area contributed by atoms with Gasteiger partial charge in [-0.15, -0.1) is 0 Å². The summed E-state index contributed by atoms with van der Waals surface area (Å²) < 4.78 is 29.8. The van der Waals surface area contributed by atoms with E-state index in [-0.39, 0.29) is 11.0 Å². The van der Waals surface area contributed by atoms with Crippen LogP contribution in [0.5, 0.6) is 0 Å². The van der Waals surface area contributed by atoms with E-state index in [9.17, 15) is 5.21 Å². The number of allylic oxidation sites excluding steroid dienone is 1. The molecule has 0 radical (unpaired) electrons. The van der Waals surface area contributed by atoms with Gasteiger partial charge in [0.1, 0.15) is 0 Å². The smallest absolute Gasteiger partial charge is 0.0975 e. The summed E-state index contributed by atoms with van der Waals surface area (Å²) in [6.45, 7) is -0.0927. The molecule has 3 heteroatoms. The van der Waals surface area contributed by atoms with E-state index in [0.29, 0.717) is 24.7 Å². The Hall–Kier alpha value is -1.94. The Morgan fingerprint density at radius 2 is 1.94 bits per heavy atom. The molecule has 2 aromatic rings. The molecule has 3 nitrogen and oxygen atoms in total. The van der Waals surface area contributed by atoms with Crippen molar-refractivity contribution in [3.63, 3.8) is 0 Å². The summed E-state index contributed by atoms with van der Waals surface area (Å²) in [7, 11) is 1.34. The van der Waals surface area contributed by atoms with Crippen molar-refractivity contribution in [2.24, 2.45) is 11.3 Å². The van der Waals surface area contributed by atoms with Crippen molar-refractivity contribution in [2.75, 3.05) is 14.0 Å². The van der Waals surface area contributed by atoms with Crippen LogP contribution in [0.3, 0.4) is 0 Å². The second-order valence-electron chi connectivity index (χ2n) is 12.2. The van der Waals surface area contributed by atoms with Crippen molar-refractivity contribution in [1.82, 2.24) is 0 Å². The highest BCUT2D eigenvalue weighted by atomic mass is 16.5. The average molecular weight is 459 g/mol. The standard InChI is InChI=1S/C31H37NO2/c1-29-15-14-25-19-24-10-11-26(32(2,3)33)20-30(24)16-17-31(25,34-30)28(29)13-12-27(29)23-9-8-21-6-4-5-7-22(21)18-23/h4-9,14,18-19,26-28H,10-13,15-17,20H2,1-3H3/t26-,27+,28+,29+,30+,31+/m0/s1/i2D3/t26-,27+,28+,29+,30+,31+,32?.